The van der Waals surface area contributed by atoms with Gasteiger partial charge >= 0.3 is 5.97 Å². The van der Waals surface area contributed by atoms with Crippen molar-refractivity contribution >= 4 is 11.9 Å². The quantitative estimate of drug-likeness (QED) is 0.816. The second-order valence-corrected chi connectivity index (χ2v) is 5.88. The molecule has 0 aromatic carbocycles. The van der Waals surface area contributed by atoms with Crippen molar-refractivity contribution < 1.29 is 14.7 Å². The molecule has 0 bridgehead atoms. The number of rotatable bonds is 4. The molecule has 1 amide bonds. The molecule has 1 heterocycles. The summed E-state index contributed by atoms with van der Waals surface area (Å²) in [6.07, 6.45) is 0.427. The Morgan fingerprint density at radius 2 is 2.06 bits per heavy atom. The molecule has 5 heteroatoms. The summed E-state index contributed by atoms with van der Waals surface area (Å²) >= 11 is 0. The number of carbonyl (C=O) groups excluding carboxylic acids is 1. The van der Waals surface area contributed by atoms with Crippen LogP contribution in [0.5, 0.6) is 0 Å². The van der Waals surface area contributed by atoms with Gasteiger partial charge in [-0.15, -0.1) is 0 Å². The summed E-state index contributed by atoms with van der Waals surface area (Å²) in [4.78, 5) is 26.9. The molecule has 1 fully saturated rings. The van der Waals surface area contributed by atoms with E-state index in [2.05, 4.69) is 13.8 Å². The van der Waals surface area contributed by atoms with E-state index in [-0.39, 0.29) is 23.8 Å². The highest BCUT2D eigenvalue weighted by Crippen LogP contribution is 2.25. The van der Waals surface area contributed by atoms with Gasteiger partial charge in [-0.1, -0.05) is 13.8 Å². The van der Waals surface area contributed by atoms with Crippen LogP contribution < -0.4 is 0 Å². The second kappa shape index (κ2) is 5.69. The lowest BCUT2D eigenvalue weighted by Crippen LogP contribution is -2.44. The van der Waals surface area contributed by atoms with Gasteiger partial charge in [0.2, 0.25) is 5.91 Å². The van der Waals surface area contributed by atoms with E-state index >= 15 is 0 Å². The number of likely N-dealkylation sites (N-methyl/N-ethyl adjacent to an activating group) is 2. The Kier molecular flexibility index (Phi) is 4.73. The van der Waals surface area contributed by atoms with Crippen molar-refractivity contribution in [3.8, 4) is 0 Å². The third-order valence-corrected chi connectivity index (χ3v) is 3.44. The zero-order valence-corrected chi connectivity index (χ0v) is 11.8. The van der Waals surface area contributed by atoms with Crippen LogP contribution in [-0.4, -0.2) is 59.5 Å². The summed E-state index contributed by atoms with van der Waals surface area (Å²) < 4.78 is 0. The van der Waals surface area contributed by atoms with E-state index in [1.807, 2.05) is 23.8 Å². The predicted molar refractivity (Wildman–Crippen MR) is 69.3 cm³/mol. The van der Waals surface area contributed by atoms with Crippen molar-refractivity contribution in [1.29, 1.82) is 0 Å². The van der Waals surface area contributed by atoms with Crippen molar-refractivity contribution in [2.45, 2.75) is 39.7 Å². The first-order valence-electron chi connectivity index (χ1n) is 6.47. The Morgan fingerprint density at radius 1 is 1.44 bits per heavy atom. The number of carboxylic acid groups (broad SMARTS) is 1. The number of carboxylic acids is 1. The number of carbonyl (C=O) groups is 2. The van der Waals surface area contributed by atoms with Crippen LogP contribution in [0, 0.1) is 5.41 Å². The van der Waals surface area contributed by atoms with Crippen molar-refractivity contribution in [2.75, 3.05) is 26.7 Å². The lowest BCUT2D eigenvalue weighted by Gasteiger charge is -2.29. The molecule has 1 unspecified atom stereocenters. The predicted octanol–water partition coefficient (Wildman–Crippen LogP) is 1.04. The molecule has 0 aromatic heterocycles. The molecule has 1 aliphatic rings. The monoisotopic (exact) mass is 256 g/mol. The SMILES string of the molecule is CCN1CC(C)(C)CN(C)C(CCC(=O)O)C1=O. The van der Waals surface area contributed by atoms with Gasteiger partial charge < -0.3 is 10.0 Å². The summed E-state index contributed by atoms with van der Waals surface area (Å²) in [5.41, 5.74) is 0.0401. The van der Waals surface area contributed by atoms with Crippen LogP contribution in [0.1, 0.15) is 33.6 Å². The van der Waals surface area contributed by atoms with Crippen LogP contribution >= 0.6 is 0 Å². The first kappa shape index (κ1) is 15.0. The average molecular weight is 256 g/mol. The Bertz CT molecular complexity index is 328. The maximum absolute atomic E-state index is 12.4. The fourth-order valence-corrected chi connectivity index (χ4v) is 2.70. The van der Waals surface area contributed by atoms with E-state index in [9.17, 15) is 9.59 Å². The van der Waals surface area contributed by atoms with Gasteiger partial charge in [-0.05, 0) is 25.8 Å². The van der Waals surface area contributed by atoms with Crippen molar-refractivity contribution in [3.05, 3.63) is 0 Å². The molecule has 1 N–H and O–H groups in total. The van der Waals surface area contributed by atoms with E-state index in [4.69, 9.17) is 5.11 Å². The first-order chi connectivity index (χ1) is 8.26. The highest BCUT2D eigenvalue weighted by atomic mass is 16.4. The zero-order chi connectivity index (χ0) is 13.9. The minimum absolute atomic E-state index is 0.0401. The lowest BCUT2D eigenvalue weighted by atomic mass is 9.92. The van der Waals surface area contributed by atoms with E-state index in [0.29, 0.717) is 13.0 Å². The Morgan fingerprint density at radius 3 is 2.56 bits per heavy atom. The van der Waals surface area contributed by atoms with Crippen molar-refractivity contribution in [1.82, 2.24) is 9.80 Å². The molecule has 1 saturated heterocycles. The van der Waals surface area contributed by atoms with E-state index in [0.717, 1.165) is 13.1 Å². The van der Waals surface area contributed by atoms with Gasteiger partial charge in [0.15, 0.2) is 0 Å². The van der Waals surface area contributed by atoms with Crippen LogP contribution in [0.2, 0.25) is 0 Å². The molecular weight excluding hydrogens is 232 g/mol. The van der Waals surface area contributed by atoms with E-state index in [1.54, 1.807) is 0 Å². The number of aliphatic carboxylic acids is 1. The van der Waals surface area contributed by atoms with Gasteiger partial charge in [0.25, 0.3) is 0 Å². The molecule has 0 spiro atoms. The van der Waals surface area contributed by atoms with Gasteiger partial charge in [-0.2, -0.15) is 0 Å². The van der Waals surface area contributed by atoms with Gasteiger partial charge in [0, 0.05) is 26.1 Å². The van der Waals surface area contributed by atoms with E-state index < -0.39 is 5.97 Å². The molecule has 5 nitrogen and oxygen atoms in total. The molecule has 0 aliphatic carbocycles. The minimum Gasteiger partial charge on any atom is -0.481 e. The summed E-state index contributed by atoms with van der Waals surface area (Å²) in [7, 11) is 1.91. The van der Waals surface area contributed by atoms with Gasteiger partial charge in [-0.25, -0.2) is 0 Å². The lowest BCUT2D eigenvalue weighted by molar-refractivity contribution is -0.138. The van der Waals surface area contributed by atoms with Crippen LogP contribution in [0.4, 0.5) is 0 Å². The maximum atomic E-state index is 12.4. The zero-order valence-electron chi connectivity index (χ0n) is 11.8. The largest absolute Gasteiger partial charge is 0.481 e. The average Bonchev–Trinajstić information content (AvgIpc) is 2.31. The Hall–Kier alpha value is -1.10. The Balaban J connectivity index is 2.86. The number of hydrogen-bond acceptors (Lipinski definition) is 3. The molecular formula is C13H24N2O3. The van der Waals surface area contributed by atoms with Gasteiger partial charge in [0.05, 0.1) is 6.04 Å². The van der Waals surface area contributed by atoms with Gasteiger partial charge in [-0.3, -0.25) is 14.5 Å². The fraction of sp³-hybridized carbons (Fsp3) is 0.846. The standard InChI is InChI=1S/C13H24N2O3/c1-5-15-9-13(2,3)8-14(4)10(12(15)18)6-7-11(16)17/h10H,5-9H2,1-4H3,(H,16,17). The maximum Gasteiger partial charge on any atom is 0.303 e. The summed E-state index contributed by atoms with van der Waals surface area (Å²) in [5, 5.41) is 8.77. The molecule has 18 heavy (non-hydrogen) atoms. The smallest absolute Gasteiger partial charge is 0.303 e. The summed E-state index contributed by atoms with van der Waals surface area (Å²) in [6, 6.07) is -0.303. The normalized spacial score (nSPS) is 25.0. The van der Waals surface area contributed by atoms with Crippen LogP contribution in [0.3, 0.4) is 0 Å². The summed E-state index contributed by atoms with van der Waals surface area (Å²) in [6.45, 7) is 8.46. The van der Waals surface area contributed by atoms with Crippen molar-refractivity contribution in [3.63, 3.8) is 0 Å². The molecule has 104 valence electrons. The molecule has 1 atom stereocenters. The Labute approximate surface area is 109 Å². The molecule has 1 rings (SSSR count). The molecule has 0 saturated carbocycles. The van der Waals surface area contributed by atoms with Crippen LogP contribution in [0.25, 0.3) is 0 Å². The van der Waals surface area contributed by atoms with Crippen LogP contribution in [-0.2, 0) is 9.59 Å². The molecule has 0 radical (unpaired) electrons. The first-order valence-corrected chi connectivity index (χ1v) is 6.47. The van der Waals surface area contributed by atoms with Crippen molar-refractivity contribution in [2.24, 2.45) is 5.41 Å². The number of nitrogens with zero attached hydrogens (tertiary/aromatic N) is 2. The fourth-order valence-electron chi connectivity index (χ4n) is 2.70. The minimum atomic E-state index is -0.845. The van der Waals surface area contributed by atoms with Gasteiger partial charge in [0.1, 0.15) is 0 Å². The molecule has 0 aromatic rings. The van der Waals surface area contributed by atoms with E-state index in [1.165, 1.54) is 0 Å². The third kappa shape index (κ3) is 3.70. The molecule has 1 aliphatic heterocycles. The van der Waals surface area contributed by atoms with Crippen LogP contribution in [0.15, 0.2) is 0 Å². The summed E-state index contributed by atoms with van der Waals surface area (Å²) in [5.74, 6) is -0.783. The number of amides is 1. The topological polar surface area (TPSA) is 60.9 Å². The third-order valence-electron chi connectivity index (χ3n) is 3.44. The highest BCUT2D eigenvalue weighted by Gasteiger charge is 2.37. The number of hydrogen-bond donors (Lipinski definition) is 1. The second-order valence-electron chi connectivity index (χ2n) is 5.88. The highest BCUT2D eigenvalue weighted by molar-refractivity contribution is 5.83.